The Kier molecular flexibility index (Phi) is 25.2. The molecule has 6 N–H and O–H groups in total. The first-order valence-electron chi connectivity index (χ1n) is 18.0. The maximum Gasteiger partial charge on any atom is 0.255 e. The van der Waals surface area contributed by atoms with Crippen LogP contribution >= 0.6 is 0 Å². The summed E-state index contributed by atoms with van der Waals surface area (Å²) in [5.41, 5.74) is 3.62. The Bertz CT molecular complexity index is 3240. The van der Waals surface area contributed by atoms with Gasteiger partial charge in [-0.1, -0.05) is 18.1 Å². The molecule has 0 spiro atoms. The van der Waals surface area contributed by atoms with E-state index in [9.17, 15) is 15.1 Å². The highest BCUT2D eigenvalue weighted by atomic mass is 17.2. The highest BCUT2D eigenvalue weighted by molar-refractivity contribution is 6.04. The zero-order chi connectivity index (χ0) is 47.9. The Labute approximate surface area is 394 Å². The third-order valence-corrected chi connectivity index (χ3v) is 6.74. The fourth-order valence-corrected chi connectivity index (χ4v) is 4.07. The van der Waals surface area contributed by atoms with Crippen LogP contribution in [-0.4, -0.2) is 43.4 Å². The number of nitrogens with two attached hydrogens (primary N) is 1. The van der Waals surface area contributed by atoms with Crippen molar-refractivity contribution in [2.24, 2.45) is 21.5 Å². The summed E-state index contributed by atoms with van der Waals surface area (Å²) in [6.45, 7) is 3.70. The van der Waals surface area contributed by atoms with Gasteiger partial charge < -0.3 is 30.7 Å². The third-order valence-electron chi connectivity index (χ3n) is 6.74. The van der Waals surface area contributed by atoms with E-state index in [1.54, 1.807) is 62.0 Å². The lowest BCUT2D eigenvalue weighted by molar-refractivity contribution is -0.873. The van der Waals surface area contributed by atoms with Crippen molar-refractivity contribution in [2.45, 2.75) is 19.9 Å². The van der Waals surface area contributed by atoms with Gasteiger partial charge in [-0.15, -0.1) is 6.42 Å². The Morgan fingerprint density at radius 3 is 1.89 bits per heavy atom. The number of aromatic nitrogens is 3. The molecular weight excluding hydrogens is 837 g/mol. The molecule has 0 aliphatic rings. The predicted octanol–water partition coefficient (Wildman–Crippen LogP) is 7.16. The molecule has 16 heteroatoms. The lowest BCUT2D eigenvalue weighted by atomic mass is 10.1. The number of pyridine rings is 1. The largest absolute Gasteiger partial charge is 0.504 e. The number of hydrogen-bond donors (Lipinski definition) is 5. The van der Waals surface area contributed by atoms with E-state index >= 15 is 0 Å². The van der Waals surface area contributed by atoms with E-state index in [0.717, 1.165) is 11.1 Å². The summed E-state index contributed by atoms with van der Waals surface area (Å²) in [6, 6.07) is 15.9. The number of amides is 1. The second-order valence-electron chi connectivity index (χ2n) is 11.0. The summed E-state index contributed by atoms with van der Waals surface area (Å²) in [7, 11) is 1.50. The zero-order valence-corrected chi connectivity index (χ0v) is 34.9. The molecule has 4 rings (SSSR count). The van der Waals surface area contributed by atoms with Crippen molar-refractivity contribution in [1.29, 1.82) is 0 Å². The van der Waals surface area contributed by atoms with E-state index in [0.29, 0.717) is 28.5 Å². The van der Waals surface area contributed by atoms with E-state index in [-0.39, 0.29) is 30.5 Å². The van der Waals surface area contributed by atoms with Gasteiger partial charge in [-0.05, 0) is 157 Å². The summed E-state index contributed by atoms with van der Waals surface area (Å²) in [5.74, 6) is 62.1. The quantitative estimate of drug-likeness (QED) is 0.0372. The smallest absolute Gasteiger partial charge is 0.255 e. The number of phenols is 1. The molecule has 0 aliphatic carbocycles. The molecule has 1 amide bonds. The third kappa shape index (κ3) is 22.3. The highest BCUT2D eigenvalue weighted by Gasteiger charge is 2.12. The minimum Gasteiger partial charge on any atom is -0.504 e. The molecule has 1 unspecified atom stereocenters. The molecular formula is C50H48N10O6. The molecule has 2 aromatic heterocycles. The van der Waals surface area contributed by atoms with Crippen LogP contribution in [0.25, 0.3) is 11.3 Å². The van der Waals surface area contributed by atoms with Crippen LogP contribution in [0.3, 0.4) is 0 Å². The van der Waals surface area contributed by atoms with E-state index in [2.05, 4.69) is 188 Å². The van der Waals surface area contributed by atoms with Gasteiger partial charge in [-0.2, -0.15) is 0 Å². The maximum absolute atomic E-state index is 12.4. The molecule has 0 aliphatic heterocycles. The van der Waals surface area contributed by atoms with Gasteiger partial charge in [0.05, 0.1) is 41.5 Å². The second kappa shape index (κ2) is 32.6. The number of ether oxygens (including phenoxy) is 1. The highest BCUT2D eigenvalue weighted by Crippen LogP contribution is 2.31. The number of terminal acetylenes is 1. The molecule has 0 radical (unpaired) electrons. The number of nitrogens with one attached hydrogen (secondary N) is 2. The van der Waals surface area contributed by atoms with Crippen LogP contribution in [0.2, 0.25) is 0 Å². The monoisotopic (exact) mass is 884 g/mol. The lowest BCUT2D eigenvalue weighted by Crippen LogP contribution is -2.13. The van der Waals surface area contributed by atoms with Gasteiger partial charge in [0.1, 0.15) is 5.82 Å². The van der Waals surface area contributed by atoms with Crippen molar-refractivity contribution in [3.8, 4) is 165 Å². The molecule has 16 nitrogen and oxygen atoms in total. The van der Waals surface area contributed by atoms with Crippen LogP contribution in [0.4, 0.5) is 11.5 Å². The number of carbonyl (C=O) groups is 1. The first-order chi connectivity index (χ1) is 32.3. The molecule has 66 heavy (non-hydrogen) atoms. The first kappa shape index (κ1) is 51.0. The number of rotatable bonds is 9. The molecule has 0 saturated heterocycles. The summed E-state index contributed by atoms with van der Waals surface area (Å²) < 4.78 is 5.18. The van der Waals surface area contributed by atoms with Crippen molar-refractivity contribution >= 4 is 17.4 Å². The predicted molar refractivity (Wildman–Crippen MR) is 264 cm³/mol. The Balaban J connectivity index is -0.000000161. The van der Waals surface area contributed by atoms with E-state index < -0.39 is 5.02 Å². The maximum atomic E-state index is 12.4. The SMILES string of the molecule is C#CC#CC#CC#CC#CC#CC#CC#CC#CC#CC#CC#CC.COc1cc(-c2cncc(NC(C)c3cccc(NC(=O)c4ccncc4)c3)n2)ccc1O.NN=NN=[N+]([O-])OO.[HH].[HH].[HH].[HH].[HH].[HH].[HH].[HH].[HH]. The molecule has 2 heterocycles. The first-order valence-corrected chi connectivity index (χ1v) is 18.0. The molecule has 4 aromatic rings. The van der Waals surface area contributed by atoms with Crippen LogP contribution in [0.1, 0.15) is 48.7 Å². The number of anilines is 2. The fourth-order valence-electron chi connectivity index (χ4n) is 4.07. The summed E-state index contributed by atoms with van der Waals surface area (Å²) in [5, 5.41) is 40.2. The van der Waals surface area contributed by atoms with Gasteiger partial charge in [0.15, 0.2) is 11.5 Å². The Morgan fingerprint density at radius 1 is 0.818 bits per heavy atom. The summed E-state index contributed by atoms with van der Waals surface area (Å²) in [4.78, 5) is 28.2. The molecule has 0 fully saturated rings. The number of hydrogen-bond acceptors (Lipinski definition) is 11. The second-order valence-corrected chi connectivity index (χ2v) is 11.0. The van der Waals surface area contributed by atoms with E-state index in [1.807, 2.05) is 31.2 Å². The topological polar surface area (TPSA) is 228 Å². The van der Waals surface area contributed by atoms with Crippen LogP contribution in [0, 0.1) is 148 Å². The van der Waals surface area contributed by atoms with Crippen molar-refractivity contribution in [1.82, 2.24) is 15.0 Å². The van der Waals surface area contributed by atoms with Gasteiger partial charge >= 0.3 is 0 Å². The van der Waals surface area contributed by atoms with Crippen molar-refractivity contribution < 1.29 is 42.7 Å². The molecule has 0 saturated carbocycles. The zero-order valence-electron chi connectivity index (χ0n) is 34.9. The summed E-state index contributed by atoms with van der Waals surface area (Å²) >= 11 is 0. The van der Waals surface area contributed by atoms with Crippen LogP contribution < -0.4 is 21.2 Å². The van der Waals surface area contributed by atoms with Crippen molar-refractivity contribution in [3.05, 3.63) is 95.7 Å². The lowest BCUT2D eigenvalue weighted by Gasteiger charge is -2.16. The van der Waals surface area contributed by atoms with E-state index in [4.69, 9.17) is 16.4 Å². The molecule has 1 atom stereocenters. The van der Waals surface area contributed by atoms with Crippen molar-refractivity contribution in [2.75, 3.05) is 17.7 Å². The Hall–Kier alpha value is -11.2. The molecule has 0 bridgehead atoms. The van der Waals surface area contributed by atoms with Crippen LogP contribution in [0.15, 0.2) is 95.1 Å². The van der Waals surface area contributed by atoms with E-state index in [1.165, 1.54) is 7.11 Å². The van der Waals surface area contributed by atoms with Crippen LogP contribution in [-0.2, 0) is 4.99 Å². The minimum absolute atomic E-state index is 0. The van der Waals surface area contributed by atoms with Gasteiger partial charge in [-0.25, -0.2) is 4.98 Å². The van der Waals surface area contributed by atoms with Gasteiger partial charge in [0, 0.05) is 77.6 Å². The van der Waals surface area contributed by atoms with Crippen LogP contribution in [0.5, 0.6) is 11.5 Å². The summed E-state index contributed by atoms with van der Waals surface area (Å²) in [6.07, 6.45) is 11.4. The molecule has 334 valence electrons. The Morgan fingerprint density at radius 2 is 1.38 bits per heavy atom. The van der Waals surface area contributed by atoms with Gasteiger partial charge in [-0.3, -0.25) is 25.9 Å². The average molecular weight is 885 g/mol. The van der Waals surface area contributed by atoms with Crippen molar-refractivity contribution in [3.63, 3.8) is 0 Å². The minimum atomic E-state index is -0.573. The number of nitrogens with zero attached hydrogens (tertiary/aromatic N) is 7. The van der Waals surface area contributed by atoms with Gasteiger partial charge in [0.25, 0.3) is 5.91 Å². The number of aromatic hydroxyl groups is 1. The number of phenolic OH excluding ortho intramolecular Hbond substituents is 1. The normalized spacial score (nSPS) is 8.68. The average Bonchev–Trinajstić information content (AvgIpc) is 3.34. The molecule has 2 aromatic carbocycles. The number of methoxy groups -OCH3 is 1. The number of carbonyl (C=O) groups excluding carboxylic acids is 1. The standard InChI is InChI=1S/C25H23N5O3.C25H4.H3N5O3.9H2/c1-16(18-4-3-5-20(12-18)29-25(32)17-8-10-26-11-9-17)28-24-15-27-14-21(30-24)19-6-7-22(31)23(13-19)33-2;1-3-5-7-9-11-13-15-17-19-21-23-25-24-22-20-18-16-14-12-10-8-6-4-2;1-2-3-4-5(6)8-7;;;;;;;;;/h3-16,31H,1-2H3,(H,28,30)(H,29,32);1H,2H3;7H,(H2,1,3);9*1H. The van der Waals surface area contributed by atoms with Gasteiger partial charge in [0.2, 0.25) is 10.4 Å². The number of benzene rings is 2. The fraction of sp³-hybridized carbons (Fsp3) is 0.0800.